The second-order valence-corrected chi connectivity index (χ2v) is 7.42. The van der Waals surface area contributed by atoms with Crippen molar-refractivity contribution in [1.29, 1.82) is 0 Å². The van der Waals surface area contributed by atoms with Gasteiger partial charge in [-0.1, -0.05) is 32.3 Å². The largest absolute Gasteiger partial charge is 0.337 e. The van der Waals surface area contributed by atoms with Crippen molar-refractivity contribution in [2.24, 2.45) is 5.41 Å². The highest BCUT2D eigenvalue weighted by Gasteiger charge is 2.31. The van der Waals surface area contributed by atoms with Gasteiger partial charge in [0.25, 0.3) is 0 Å². The summed E-state index contributed by atoms with van der Waals surface area (Å²) in [5, 5.41) is 4.08. The van der Waals surface area contributed by atoms with Crippen LogP contribution in [-0.4, -0.2) is 28.1 Å². The van der Waals surface area contributed by atoms with E-state index in [2.05, 4.69) is 35.8 Å². The van der Waals surface area contributed by atoms with E-state index in [1.165, 1.54) is 25.0 Å². The Morgan fingerprint density at radius 3 is 2.75 bits per heavy atom. The van der Waals surface area contributed by atoms with Gasteiger partial charge >= 0.3 is 0 Å². The van der Waals surface area contributed by atoms with Gasteiger partial charge < -0.3 is 4.52 Å². The predicted molar refractivity (Wildman–Crippen MR) is 91.9 cm³/mol. The molecule has 1 aromatic heterocycles. The fourth-order valence-electron chi connectivity index (χ4n) is 3.08. The summed E-state index contributed by atoms with van der Waals surface area (Å²) in [6, 6.07) is 6.40. The molecule has 0 spiro atoms. The van der Waals surface area contributed by atoms with E-state index in [0.29, 0.717) is 17.1 Å². The summed E-state index contributed by atoms with van der Waals surface area (Å²) in [5.74, 6) is 0.954. The van der Waals surface area contributed by atoms with Gasteiger partial charge in [0, 0.05) is 5.56 Å². The molecule has 3 rings (SSSR count). The maximum Gasteiger partial charge on any atom is 0.244 e. The number of benzene rings is 1. The van der Waals surface area contributed by atoms with Gasteiger partial charge in [0.15, 0.2) is 0 Å². The summed E-state index contributed by atoms with van der Waals surface area (Å²) < 4.78 is 18.6. The second-order valence-electron chi connectivity index (χ2n) is 7.42. The lowest BCUT2D eigenvalue weighted by Crippen LogP contribution is -2.28. The van der Waals surface area contributed by atoms with Crippen molar-refractivity contribution in [1.82, 2.24) is 15.0 Å². The van der Waals surface area contributed by atoms with E-state index in [0.717, 1.165) is 31.5 Å². The van der Waals surface area contributed by atoms with Crippen molar-refractivity contribution < 1.29 is 8.91 Å². The van der Waals surface area contributed by atoms with Crippen molar-refractivity contribution in [3.63, 3.8) is 0 Å². The summed E-state index contributed by atoms with van der Waals surface area (Å²) >= 11 is 0. The smallest absolute Gasteiger partial charge is 0.244 e. The first-order valence-electron chi connectivity index (χ1n) is 8.82. The maximum atomic E-state index is 13.0. The number of nitrogens with zero attached hydrogens (tertiary/aromatic N) is 3. The van der Waals surface area contributed by atoms with E-state index in [1.54, 1.807) is 12.1 Å². The van der Waals surface area contributed by atoms with Crippen LogP contribution in [0.3, 0.4) is 0 Å². The van der Waals surface area contributed by atoms with Gasteiger partial charge in [-0.25, -0.2) is 4.39 Å². The summed E-state index contributed by atoms with van der Waals surface area (Å²) in [6.45, 7) is 9.02. The highest BCUT2D eigenvalue weighted by Crippen LogP contribution is 2.34. The minimum Gasteiger partial charge on any atom is -0.337 e. The zero-order chi connectivity index (χ0) is 17.2. The molecule has 24 heavy (non-hydrogen) atoms. The molecule has 1 aromatic carbocycles. The van der Waals surface area contributed by atoms with Crippen molar-refractivity contribution in [2.75, 3.05) is 13.1 Å². The minimum atomic E-state index is -0.261. The molecular weight excluding hydrogens is 305 g/mol. The third-order valence-electron chi connectivity index (χ3n) is 5.23. The van der Waals surface area contributed by atoms with Gasteiger partial charge in [-0.3, -0.25) is 4.90 Å². The average molecular weight is 331 g/mol. The Balaban J connectivity index is 1.70. The second kappa shape index (κ2) is 7.01. The van der Waals surface area contributed by atoms with Crippen LogP contribution in [0.4, 0.5) is 4.39 Å². The number of hydrogen-bond acceptors (Lipinski definition) is 4. The third kappa shape index (κ3) is 3.83. The molecule has 1 aliphatic rings. The molecular formula is C19H26FN3O. The topological polar surface area (TPSA) is 42.2 Å². The van der Waals surface area contributed by atoms with Crippen LogP contribution in [0.15, 0.2) is 28.8 Å². The molecule has 0 saturated carbocycles. The summed E-state index contributed by atoms with van der Waals surface area (Å²) in [4.78, 5) is 7.02. The minimum absolute atomic E-state index is 0.208. The Labute approximate surface area is 143 Å². The van der Waals surface area contributed by atoms with E-state index >= 15 is 0 Å². The standard InChI is InChI=1S/C19H26FN3O/c1-4-19(2,3)11-13-23-12-5-6-16(23)18-21-17(22-24-18)14-7-9-15(20)10-8-14/h7-10,16H,4-6,11-13H2,1-3H3. The summed E-state index contributed by atoms with van der Waals surface area (Å²) in [5.41, 5.74) is 1.14. The van der Waals surface area contributed by atoms with Gasteiger partial charge in [0.05, 0.1) is 6.04 Å². The monoisotopic (exact) mass is 331 g/mol. The fraction of sp³-hybridized carbons (Fsp3) is 0.579. The van der Waals surface area contributed by atoms with E-state index in [-0.39, 0.29) is 11.9 Å². The van der Waals surface area contributed by atoms with Crippen LogP contribution >= 0.6 is 0 Å². The molecule has 0 aliphatic carbocycles. The Bertz CT molecular complexity index is 666. The van der Waals surface area contributed by atoms with Gasteiger partial charge in [0.2, 0.25) is 11.7 Å². The van der Waals surface area contributed by atoms with Crippen LogP contribution in [0.2, 0.25) is 0 Å². The summed E-state index contributed by atoms with van der Waals surface area (Å²) in [6.07, 6.45) is 4.56. The Morgan fingerprint density at radius 2 is 2.04 bits per heavy atom. The average Bonchev–Trinajstić information content (AvgIpc) is 3.22. The van der Waals surface area contributed by atoms with Gasteiger partial charge in [0.1, 0.15) is 5.82 Å². The molecule has 2 heterocycles. The highest BCUT2D eigenvalue weighted by molar-refractivity contribution is 5.53. The maximum absolute atomic E-state index is 13.0. The lowest BCUT2D eigenvalue weighted by Gasteiger charge is -2.28. The molecule has 1 atom stereocenters. The molecule has 0 radical (unpaired) electrons. The van der Waals surface area contributed by atoms with E-state index in [9.17, 15) is 4.39 Å². The van der Waals surface area contributed by atoms with Crippen LogP contribution in [0.25, 0.3) is 11.4 Å². The van der Waals surface area contributed by atoms with Crippen LogP contribution < -0.4 is 0 Å². The number of hydrogen-bond donors (Lipinski definition) is 0. The molecule has 0 bridgehead atoms. The van der Waals surface area contributed by atoms with Crippen molar-refractivity contribution in [3.05, 3.63) is 36.0 Å². The van der Waals surface area contributed by atoms with Crippen LogP contribution in [-0.2, 0) is 0 Å². The Kier molecular flexibility index (Phi) is 4.99. The molecule has 1 unspecified atom stereocenters. The van der Waals surface area contributed by atoms with Crippen LogP contribution in [0.1, 0.15) is 58.4 Å². The predicted octanol–water partition coefficient (Wildman–Crippen LogP) is 4.84. The first-order chi connectivity index (χ1) is 11.5. The molecule has 1 aliphatic heterocycles. The number of likely N-dealkylation sites (tertiary alicyclic amines) is 1. The number of halogens is 1. The quantitative estimate of drug-likeness (QED) is 0.759. The fourth-order valence-corrected chi connectivity index (χ4v) is 3.08. The van der Waals surface area contributed by atoms with Crippen molar-refractivity contribution >= 4 is 0 Å². The molecule has 130 valence electrons. The lowest BCUT2D eigenvalue weighted by atomic mass is 9.86. The lowest BCUT2D eigenvalue weighted by molar-refractivity contribution is 0.175. The SMILES string of the molecule is CCC(C)(C)CCN1CCCC1c1nc(-c2ccc(F)cc2)no1. The molecule has 2 aromatic rings. The first-order valence-corrected chi connectivity index (χ1v) is 8.82. The summed E-state index contributed by atoms with van der Waals surface area (Å²) in [7, 11) is 0. The highest BCUT2D eigenvalue weighted by atomic mass is 19.1. The normalized spacial score (nSPS) is 19.1. The van der Waals surface area contributed by atoms with Gasteiger partial charge in [-0.15, -0.1) is 0 Å². The zero-order valence-corrected chi connectivity index (χ0v) is 14.8. The van der Waals surface area contributed by atoms with Gasteiger partial charge in [-0.05, 0) is 62.0 Å². The number of rotatable bonds is 6. The number of aromatic nitrogens is 2. The molecule has 4 nitrogen and oxygen atoms in total. The van der Waals surface area contributed by atoms with Crippen LogP contribution in [0, 0.1) is 11.2 Å². The first kappa shape index (κ1) is 17.1. The van der Waals surface area contributed by atoms with Crippen LogP contribution in [0.5, 0.6) is 0 Å². The van der Waals surface area contributed by atoms with E-state index in [1.807, 2.05) is 0 Å². The molecule has 0 N–H and O–H groups in total. The molecule has 1 fully saturated rings. The Hall–Kier alpha value is -1.75. The van der Waals surface area contributed by atoms with E-state index < -0.39 is 0 Å². The Morgan fingerprint density at radius 1 is 1.29 bits per heavy atom. The molecule has 5 heteroatoms. The third-order valence-corrected chi connectivity index (χ3v) is 5.23. The zero-order valence-electron chi connectivity index (χ0n) is 14.8. The molecule has 1 saturated heterocycles. The van der Waals surface area contributed by atoms with E-state index in [4.69, 9.17) is 4.52 Å². The van der Waals surface area contributed by atoms with Crippen molar-refractivity contribution in [3.8, 4) is 11.4 Å². The molecule has 0 amide bonds. The van der Waals surface area contributed by atoms with Gasteiger partial charge in [-0.2, -0.15) is 4.98 Å². The van der Waals surface area contributed by atoms with Crippen molar-refractivity contribution in [2.45, 2.75) is 52.5 Å².